The van der Waals surface area contributed by atoms with E-state index in [2.05, 4.69) is 20.8 Å². The van der Waals surface area contributed by atoms with E-state index < -0.39 is 0 Å². The minimum atomic E-state index is -0.286. The average Bonchev–Trinajstić information content (AvgIpc) is 3.63. The number of aryl methyl sites for hydroxylation is 1. The maximum absolute atomic E-state index is 13.7. The van der Waals surface area contributed by atoms with Crippen LogP contribution in [0.4, 0.5) is 15.9 Å². The molecular formula is C22H24FN7O. The number of aromatic nitrogens is 2. The minimum absolute atomic E-state index is 0.193. The molecule has 1 aromatic heterocycles. The van der Waals surface area contributed by atoms with Gasteiger partial charge >= 0.3 is 0 Å². The molecule has 1 aliphatic carbocycles. The topological polar surface area (TPSA) is 123 Å². The molecule has 1 aliphatic rings. The van der Waals surface area contributed by atoms with Crippen LogP contribution in [0.15, 0.2) is 64.8 Å². The maximum Gasteiger partial charge on any atom is 0.298 e. The molecule has 9 heteroatoms. The molecule has 0 unspecified atom stereocenters. The van der Waals surface area contributed by atoms with E-state index >= 15 is 0 Å². The van der Waals surface area contributed by atoms with E-state index in [0.717, 1.165) is 24.0 Å². The molecule has 4 rings (SSSR count). The summed E-state index contributed by atoms with van der Waals surface area (Å²) in [6.45, 7) is 0. The molecule has 0 radical (unpaired) electrons. The van der Waals surface area contributed by atoms with Crippen molar-refractivity contribution in [3.05, 3.63) is 82.2 Å². The lowest BCUT2D eigenvalue weighted by Crippen LogP contribution is -2.31. The van der Waals surface area contributed by atoms with Gasteiger partial charge in [-0.25, -0.2) is 15.2 Å². The normalized spacial score (nSPS) is 13.8. The Morgan fingerprint density at radius 3 is 2.68 bits per heavy atom. The number of hydrogen-bond acceptors (Lipinski definition) is 6. The van der Waals surface area contributed by atoms with Gasteiger partial charge in [0.25, 0.3) is 5.56 Å². The third-order valence-electron chi connectivity index (χ3n) is 5.31. The summed E-state index contributed by atoms with van der Waals surface area (Å²) in [6, 6.07) is 12.2. The SMILES string of the molecule is N/N=C(/CCc1ccc(-n2ccnc(Nc3ccc(F)cc3C3CC3)c2=O)cc1)NN. The first-order valence-corrected chi connectivity index (χ1v) is 10.1. The number of halogens is 1. The van der Waals surface area contributed by atoms with Crippen LogP contribution in [0.3, 0.4) is 0 Å². The molecule has 1 fully saturated rings. The Labute approximate surface area is 178 Å². The molecule has 0 bridgehead atoms. The summed E-state index contributed by atoms with van der Waals surface area (Å²) >= 11 is 0. The summed E-state index contributed by atoms with van der Waals surface area (Å²) in [6.07, 6.45) is 6.51. The summed E-state index contributed by atoms with van der Waals surface area (Å²) in [7, 11) is 0. The third-order valence-corrected chi connectivity index (χ3v) is 5.31. The lowest BCUT2D eigenvalue weighted by molar-refractivity contribution is 0.626. The van der Waals surface area contributed by atoms with Crippen LogP contribution >= 0.6 is 0 Å². The molecule has 0 spiro atoms. The van der Waals surface area contributed by atoms with Crippen molar-refractivity contribution < 1.29 is 4.39 Å². The van der Waals surface area contributed by atoms with E-state index in [-0.39, 0.29) is 17.2 Å². The summed E-state index contributed by atoms with van der Waals surface area (Å²) in [5.41, 5.74) is 5.54. The molecule has 6 N–H and O–H groups in total. The maximum atomic E-state index is 13.7. The van der Waals surface area contributed by atoms with Gasteiger partial charge in [0.15, 0.2) is 5.82 Å². The first-order valence-electron chi connectivity index (χ1n) is 10.1. The fourth-order valence-electron chi connectivity index (χ4n) is 3.47. The number of hydrogen-bond donors (Lipinski definition) is 4. The van der Waals surface area contributed by atoms with Gasteiger partial charge < -0.3 is 16.6 Å². The fraction of sp³-hybridized carbons (Fsp3) is 0.227. The van der Waals surface area contributed by atoms with Gasteiger partial charge in [0.1, 0.15) is 11.7 Å². The molecule has 1 heterocycles. The summed E-state index contributed by atoms with van der Waals surface area (Å²) in [4.78, 5) is 17.2. The van der Waals surface area contributed by atoms with Gasteiger partial charge in [-0.15, -0.1) is 0 Å². The molecule has 3 aromatic rings. The van der Waals surface area contributed by atoms with Crippen LogP contribution in [-0.4, -0.2) is 15.4 Å². The quantitative estimate of drug-likeness (QED) is 0.201. The van der Waals surface area contributed by atoms with E-state index in [1.165, 1.54) is 16.7 Å². The van der Waals surface area contributed by atoms with Crippen molar-refractivity contribution >= 4 is 17.3 Å². The third kappa shape index (κ3) is 4.72. The lowest BCUT2D eigenvalue weighted by Gasteiger charge is -2.13. The van der Waals surface area contributed by atoms with Crippen LogP contribution in [0.25, 0.3) is 5.69 Å². The lowest BCUT2D eigenvalue weighted by atomic mass is 10.1. The Morgan fingerprint density at radius 1 is 1.23 bits per heavy atom. The molecular weight excluding hydrogens is 397 g/mol. The first-order chi connectivity index (χ1) is 15.1. The van der Waals surface area contributed by atoms with E-state index in [0.29, 0.717) is 36.0 Å². The molecule has 0 saturated heterocycles. The van der Waals surface area contributed by atoms with Crippen molar-refractivity contribution in [1.29, 1.82) is 0 Å². The molecule has 31 heavy (non-hydrogen) atoms. The average molecular weight is 421 g/mol. The molecule has 0 amide bonds. The van der Waals surface area contributed by atoms with Gasteiger partial charge in [-0.2, -0.15) is 5.10 Å². The van der Waals surface area contributed by atoms with Crippen molar-refractivity contribution in [1.82, 2.24) is 15.0 Å². The Balaban J connectivity index is 1.55. The molecule has 0 atom stereocenters. The number of amidine groups is 1. The fourth-order valence-corrected chi connectivity index (χ4v) is 3.47. The van der Waals surface area contributed by atoms with Crippen LogP contribution in [0.5, 0.6) is 0 Å². The van der Waals surface area contributed by atoms with Crippen molar-refractivity contribution in [3.63, 3.8) is 0 Å². The number of hydrazone groups is 1. The highest BCUT2D eigenvalue weighted by Gasteiger charge is 2.27. The highest BCUT2D eigenvalue weighted by molar-refractivity contribution is 5.81. The Hall–Kier alpha value is -3.72. The largest absolute Gasteiger partial charge is 0.335 e. The summed E-state index contributed by atoms with van der Waals surface area (Å²) in [5.74, 6) is 11.3. The number of nitrogens with two attached hydrogens (primary N) is 2. The van der Waals surface area contributed by atoms with Gasteiger partial charge in [-0.05, 0) is 66.6 Å². The highest BCUT2D eigenvalue weighted by Crippen LogP contribution is 2.44. The van der Waals surface area contributed by atoms with E-state index in [4.69, 9.17) is 11.7 Å². The Kier molecular flexibility index (Phi) is 5.94. The highest BCUT2D eigenvalue weighted by atomic mass is 19.1. The number of rotatable bonds is 7. The number of benzene rings is 2. The van der Waals surface area contributed by atoms with Crippen LogP contribution in [0, 0.1) is 5.82 Å². The second kappa shape index (κ2) is 8.97. The molecule has 2 aromatic carbocycles. The summed E-state index contributed by atoms with van der Waals surface area (Å²) < 4.78 is 15.2. The minimum Gasteiger partial charge on any atom is -0.335 e. The van der Waals surface area contributed by atoms with Crippen molar-refractivity contribution in [2.24, 2.45) is 16.8 Å². The standard InChI is InChI=1S/C22H24FN7O/c23-16-6-9-19(18(13-16)15-4-5-15)27-21-22(31)30(12-11-26-21)17-7-1-14(2-8-17)3-10-20(28-24)29-25/h1-2,6-9,11-13,15H,3-5,10,24-25H2,(H,26,27)(H,28,29). The van der Waals surface area contributed by atoms with Crippen molar-refractivity contribution in [2.45, 2.75) is 31.6 Å². The molecule has 160 valence electrons. The second-order valence-corrected chi connectivity index (χ2v) is 7.47. The molecule has 0 aliphatic heterocycles. The monoisotopic (exact) mass is 421 g/mol. The van der Waals surface area contributed by atoms with Crippen molar-refractivity contribution in [2.75, 3.05) is 5.32 Å². The van der Waals surface area contributed by atoms with Gasteiger partial charge in [-0.3, -0.25) is 9.36 Å². The summed E-state index contributed by atoms with van der Waals surface area (Å²) in [5, 5.41) is 6.67. The molecule has 1 saturated carbocycles. The van der Waals surface area contributed by atoms with E-state index in [9.17, 15) is 9.18 Å². The predicted octanol–water partition coefficient (Wildman–Crippen LogP) is 2.66. The Morgan fingerprint density at radius 2 is 2.00 bits per heavy atom. The van der Waals surface area contributed by atoms with Gasteiger partial charge in [0.2, 0.25) is 0 Å². The van der Waals surface area contributed by atoms with Crippen LogP contribution in [-0.2, 0) is 6.42 Å². The number of nitrogens with zero attached hydrogens (tertiary/aromatic N) is 3. The number of anilines is 2. The smallest absolute Gasteiger partial charge is 0.298 e. The van der Waals surface area contributed by atoms with E-state index in [1.807, 2.05) is 24.3 Å². The first kappa shape index (κ1) is 20.5. The van der Waals surface area contributed by atoms with Gasteiger partial charge in [0, 0.05) is 30.2 Å². The number of nitrogens with one attached hydrogen (secondary N) is 2. The zero-order valence-corrected chi connectivity index (χ0v) is 16.9. The predicted molar refractivity (Wildman–Crippen MR) is 119 cm³/mol. The van der Waals surface area contributed by atoms with Gasteiger partial charge in [0.05, 0.1) is 0 Å². The second-order valence-electron chi connectivity index (χ2n) is 7.47. The van der Waals surface area contributed by atoms with Crippen LogP contribution in [0.1, 0.15) is 36.3 Å². The zero-order chi connectivity index (χ0) is 21.8. The molecule has 8 nitrogen and oxygen atoms in total. The number of hydrazine groups is 1. The van der Waals surface area contributed by atoms with Crippen LogP contribution < -0.4 is 28.0 Å². The Bertz CT molecular complexity index is 1150. The van der Waals surface area contributed by atoms with Crippen molar-refractivity contribution in [3.8, 4) is 5.69 Å². The van der Waals surface area contributed by atoms with Gasteiger partial charge in [-0.1, -0.05) is 12.1 Å². The zero-order valence-electron chi connectivity index (χ0n) is 16.9. The van der Waals surface area contributed by atoms with E-state index in [1.54, 1.807) is 18.5 Å². The van der Waals surface area contributed by atoms with Crippen LogP contribution in [0.2, 0.25) is 0 Å².